The number of aromatic nitrogens is 1. The number of aliphatic hydroxyl groups excluding tert-OH is 1. The standard InChI is InChI=1S/C12H22N2OS/c1-5-6-13-7-9-11(12(2,3)4)14-10(8-15)16-9/h13,15H,5-8H2,1-4H3. The van der Waals surface area contributed by atoms with Gasteiger partial charge in [0.2, 0.25) is 0 Å². The Morgan fingerprint density at radius 1 is 1.38 bits per heavy atom. The van der Waals surface area contributed by atoms with Crippen LogP contribution in [0.3, 0.4) is 0 Å². The van der Waals surface area contributed by atoms with Crippen molar-refractivity contribution >= 4 is 11.3 Å². The maximum absolute atomic E-state index is 9.14. The maximum atomic E-state index is 9.14. The first kappa shape index (κ1) is 13.6. The summed E-state index contributed by atoms with van der Waals surface area (Å²) in [6, 6.07) is 0. The Labute approximate surface area is 102 Å². The summed E-state index contributed by atoms with van der Waals surface area (Å²) in [5, 5.41) is 13.3. The average molecular weight is 242 g/mol. The van der Waals surface area contributed by atoms with Crippen LogP contribution in [-0.2, 0) is 18.6 Å². The highest BCUT2D eigenvalue weighted by Gasteiger charge is 2.22. The number of nitrogens with one attached hydrogen (secondary N) is 1. The van der Waals surface area contributed by atoms with Gasteiger partial charge in [0.25, 0.3) is 0 Å². The van der Waals surface area contributed by atoms with Gasteiger partial charge in [0.1, 0.15) is 5.01 Å². The lowest BCUT2D eigenvalue weighted by Gasteiger charge is -2.17. The Hall–Kier alpha value is -0.450. The Kier molecular flexibility index (Phi) is 4.89. The van der Waals surface area contributed by atoms with Gasteiger partial charge in [-0.25, -0.2) is 4.98 Å². The third-order valence-corrected chi connectivity index (χ3v) is 3.34. The first-order valence-electron chi connectivity index (χ1n) is 5.79. The predicted octanol–water partition coefficient (Wildman–Crippen LogP) is 2.43. The van der Waals surface area contributed by atoms with Gasteiger partial charge < -0.3 is 10.4 Å². The fraction of sp³-hybridized carbons (Fsp3) is 0.750. The molecule has 1 heterocycles. The Morgan fingerprint density at radius 2 is 2.06 bits per heavy atom. The van der Waals surface area contributed by atoms with Crippen molar-refractivity contribution in [1.82, 2.24) is 10.3 Å². The molecule has 1 aromatic rings. The van der Waals surface area contributed by atoms with Crippen LogP contribution in [0, 0.1) is 0 Å². The highest BCUT2D eigenvalue weighted by Crippen LogP contribution is 2.29. The maximum Gasteiger partial charge on any atom is 0.119 e. The van der Waals surface area contributed by atoms with Crippen molar-refractivity contribution < 1.29 is 5.11 Å². The zero-order chi connectivity index (χ0) is 12.2. The van der Waals surface area contributed by atoms with E-state index in [1.54, 1.807) is 11.3 Å². The molecule has 16 heavy (non-hydrogen) atoms. The minimum Gasteiger partial charge on any atom is -0.389 e. The molecule has 2 N–H and O–H groups in total. The lowest BCUT2D eigenvalue weighted by Crippen LogP contribution is -2.19. The molecule has 0 atom stereocenters. The van der Waals surface area contributed by atoms with E-state index in [4.69, 9.17) is 5.11 Å². The normalized spacial score (nSPS) is 12.1. The molecule has 0 aliphatic carbocycles. The lowest BCUT2D eigenvalue weighted by atomic mass is 9.91. The van der Waals surface area contributed by atoms with Gasteiger partial charge in [-0.1, -0.05) is 27.7 Å². The molecular formula is C12H22N2OS. The Balaban J connectivity index is 2.84. The topological polar surface area (TPSA) is 45.1 Å². The fourth-order valence-electron chi connectivity index (χ4n) is 1.55. The molecule has 0 fully saturated rings. The van der Waals surface area contributed by atoms with E-state index in [0.29, 0.717) is 0 Å². The molecule has 0 aromatic carbocycles. The quantitative estimate of drug-likeness (QED) is 0.780. The smallest absolute Gasteiger partial charge is 0.119 e. The van der Waals surface area contributed by atoms with E-state index in [2.05, 4.69) is 38.0 Å². The molecule has 1 rings (SSSR count). The molecule has 0 spiro atoms. The lowest BCUT2D eigenvalue weighted by molar-refractivity contribution is 0.280. The second-order valence-corrected chi connectivity index (χ2v) is 6.13. The molecule has 0 aliphatic heterocycles. The zero-order valence-electron chi connectivity index (χ0n) is 10.6. The molecule has 0 saturated heterocycles. The van der Waals surface area contributed by atoms with Crippen molar-refractivity contribution in [2.45, 2.75) is 52.7 Å². The van der Waals surface area contributed by atoms with E-state index >= 15 is 0 Å². The van der Waals surface area contributed by atoms with Crippen LogP contribution in [0.25, 0.3) is 0 Å². The van der Waals surface area contributed by atoms with Crippen LogP contribution in [0.2, 0.25) is 0 Å². The van der Waals surface area contributed by atoms with Crippen molar-refractivity contribution in [2.75, 3.05) is 6.54 Å². The molecule has 0 amide bonds. The first-order valence-corrected chi connectivity index (χ1v) is 6.61. The Bertz CT molecular complexity index is 328. The number of thiazole rings is 1. The molecule has 92 valence electrons. The summed E-state index contributed by atoms with van der Waals surface area (Å²) in [4.78, 5) is 5.76. The number of hydrogen-bond donors (Lipinski definition) is 2. The first-order chi connectivity index (χ1) is 7.49. The van der Waals surface area contributed by atoms with Crippen LogP contribution < -0.4 is 5.32 Å². The van der Waals surface area contributed by atoms with E-state index in [-0.39, 0.29) is 12.0 Å². The van der Waals surface area contributed by atoms with Crippen molar-refractivity contribution in [1.29, 1.82) is 0 Å². The van der Waals surface area contributed by atoms with Crippen molar-refractivity contribution in [3.63, 3.8) is 0 Å². The largest absolute Gasteiger partial charge is 0.389 e. The van der Waals surface area contributed by atoms with Gasteiger partial charge in [-0.05, 0) is 13.0 Å². The molecule has 1 aromatic heterocycles. The van der Waals surface area contributed by atoms with Gasteiger partial charge >= 0.3 is 0 Å². The van der Waals surface area contributed by atoms with E-state index in [1.807, 2.05) is 0 Å². The predicted molar refractivity (Wildman–Crippen MR) is 68.7 cm³/mol. The highest BCUT2D eigenvalue weighted by molar-refractivity contribution is 7.11. The average Bonchev–Trinajstić information content (AvgIpc) is 2.61. The fourth-order valence-corrected chi connectivity index (χ4v) is 2.66. The van der Waals surface area contributed by atoms with E-state index in [0.717, 1.165) is 30.2 Å². The second-order valence-electron chi connectivity index (χ2n) is 4.96. The van der Waals surface area contributed by atoms with Gasteiger partial charge in [0.15, 0.2) is 0 Å². The van der Waals surface area contributed by atoms with Gasteiger partial charge in [0.05, 0.1) is 12.3 Å². The summed E-state index contributed by atoms with van der Waals surface area (Å²) in [6.07, 6.45) is 1.14. The molecule has 0 aliphatic rings. The monoisotopic (exact) mass is 242 g/mol. The third kappa shape index (κ3) is 3.54. The molecule has 0 unspecified atom stereocenters. The van der Waals surface area contributed by atoms with Crippen molar-refractivity contribution in [2.24, 2.45) is 0 Å². The molecule has 0 radical (unpaired) electrons. The van der Waals surface area contributed by atoms with Crippen LogP contribution in [0.15, 0.2) is 0 Å². The third-order valence-electron chi connectivity index (χ3n) is 2.30. The van der Waals surface area contributed by atoms with E-state index in [1.165, 1.54) is 4.88 Å². The van der Waals surface area contributed by atoms with Gasteiger partial charge in [-0.3, -0.25) is 0 Å². The molecule has 0 bridgehead atoms. The van der Waals surface area contributed by atoms with Crippen LogP contribution >= 0.6 is 11.3 Å². The second kappa shape index (κ2) is 5.75. The zero-order valence-corrected chi connectivity index (χ0v) is 11.4. The van der Waals surface area contributed by atoms with Gasteiger partial charge in [-0.15, -0.1) is 11.3 Å². The van der Waals surface area contributed by atoms with Gasteiger partial charge in [-0.2, -0.15) is 0 Å². The molecular weight excluding hydrogens is 220 g/mol. The number of rotatable bonds is 5. The van der Waals surface area contributed by atoms with Crippen LogP contribution in [-0.4, -0.2) is 16.6 Å². The minimum absolute atomic E-state index is 0.0432. The molecule has 0 saturated carbocycles. The van der Waals surface area contributed by atoms with Crippen molar-refractivity contribution in [3.8, 4) is 0 Å². The van der Waals surface area contributed by atoms with E-state index in [9.17, 15) is 0 Å². The summed E-state index contributed by atoms with van der Waals surface area (Å²) in [5.41, 5.74) is 1.16. The summed E-state index contributed by atoms with van der Waals surface area (Å²) in [7, 11) is 0. The summed E-state index contributed by atoms with van der Waals surface area (Å²) >= 11 is 1.61. The number of nitrogens with zero attached hydrogens (tertiary/aromatic N) is 1. The van der Waals surface area contributed by atoms with Crippen LogP contribution in [0.1, 0.15) is 49.7 Å². The molecule has 3 nitrogen and oxygen atoms in total. The minimum atomic E-state index is 0.0432. The van der Waals surface area contributed by atoms with E-state index < -0.39 is 0 Å². The summed E-state index contributed by atoms with van der Waals surface area (Å²) in [5.74, 6) is 0. The summed E-state index contributed by atoms with van der Waals surface area (Å²) < 4.78 is 0. The number of hydrogen-bond acceptors (Lipinski definition) is 4. The van der Waals surface area contributed by atoms with Crippen LogP contribution in [0.4, 0.5) is 0 Å². The molecule has 4 heteroatoms. The summed E-state index contributed by atoms with van der Waals surface area (Å²) in [6.45, 7) is 10.6. The van der Waals surface area contributed by atoms with Crippen molar-refractivity contribution in [3.05, 3.63) is 15.6 Å². The SMILES string of the molecule is CCCNCc1sc(CO)nc1C(C)(C)C. The number of aliphatic hydroxyl groups is 1. The Morgan fingerprint density at radius 3 is 2.56 bits per heavy atom. The van der Waals surface area contributed by atoms with Crippen LogP contribution in [0.5, 0.6) is 0 Å². The van der Waals surface area contributed by atoms with Gasteiger partial charge in [0, 0.05) is 16.8 Å². The highest BCUT2D eigenvalue weighted by atomic mass is 32.1.